The highest BCUT2D eigenvalue weighted by Gasteiger charge is 2.41. The van der Waals surface area contributed by atoms with Crippen molar-refractivity contribution in [1.29, 1.82) is 0 Å². The molecule has 0 saturated carbocycles. The summed E-state index contributed by atoms with van der Waals surface area (Å²) in [6.45, 7) is 2.28. The Morgan fingerprint density at radius 2 is 1.86 bits per heavy atom. The van der Waals surface area contributed by atoms with Crippen LogP contribution in [-0.4, -0.2) is 90.8 Å². The van der Waals surface area contributed by atoms with Crippen LogP contribution in [0.15, 0.2) is 60.0 Å². The van der Waals surface area contributed by atoms with E-state index in [1.165, 1.54) is 35.2 Å². The first-order chi connectivity index (χ1) is 20.5. The first kappa shape index (κ1) is 30.6. The van der Waals surface area contributed by atoms with Crippen LogP contribution in [0.2, 0.25) is 5.02 Å². The van der Waals surface area contributed by atoms with Crippen LogP contribution in [-0.2, 0) is 21.7 Å². The van der Waals surface area contributed by atoms with Crippen LogP contribution in [0.4, 0.5) is 18.4 Å². The highest BCUT2D eigenvalue weighted by Crippen LogP contribution is 2.34. The molecule has 2 unspecified atom stereocenters. The molecule has 0 bridgehead atoms. The number of imide groups is 1. The number of hydrogen-bond acceptors (Lipinski definition) is 9. The fourth-order valence-electron chi connectivity index (χ4n) is 4.90. The fourth-order valence-corrected chi connectivity index (χ4v) is 5.93. The van der Waals surface area contributed by atoms with Crippen LogP contribution in [0.5, 0.6) is 0 Å². The van der Waals surface area contributed by atoms with Gasteiger partial charge in [0.2, 0.25) is 0 Å². The topological polar surface area (TPSA) is 121 Å². The van der Waals surface area contributed by atoms with Crippen LogP contribution in [0.1, 0.15) is 18.1 Å². The normalized spacial score (nSPS) is 19.1. The molecule has 15 heteroatoms. The lowest BCUT2D eigenvalue weighted by molar-refractivity contribution is -0.129. The number of nitrogens with zero attached hydrogens (tertiary/aromatic N) is 6. The summed E-state index contributed by atoms with van der Waals surface area (Å²) in [5, 5.41) is 15.6. The Morgan fingerprint density at radius 3 is 2.51 bits per heavy atom. The van der Waals surface area contributed by atoms with Gasteiger partial charge in [-0.2, -0.15) is 5.10 Å². The number of carbonyl (C=O) groups is 3. The summed E-state index contributed by atoms with van der Waals surface area (Å²) in [7, 11) is 0. The molecule has 2 fully saturated rings. The molecule has 0 spiro atoms. The Morgan fingerprint density at radius 1 is 1.14 bits per heavy atom. The molecule has 3 aromatic rings. The van der Waals surface area contributed by atoms with E-state index < -0.39 is 40.7 Å². The number of aliphatic hydroxyl groups is 1. The molecule has 0 aliphatic carbocycles. The summed E-state index contributed by atoms with van der Waals surface area (Å²) in [5.41, 5.74) is -1.19. The lowest BCUT2D eigenvalue weighted by Gasteiger charge is -2.39. The molecule has 2 aromatic carbocycles. The second-order valence-electron chi connectivity index (χ2n) is 10.1. The number of β-amino-alcohol motifs (C(OH)–C–C–N with tert-alkyl or cyclic N) is 1. The monoisotopic (exact) mass is 632 g/mol. The van der Waals surface area contributed by atoms with Gasteiger partial charge in [-0.15, -0.1) is 0 Å². The molecular formula is C28H27ClF2N6O5S. The van der Waals surface area contributed by atoms with Crippen molar-refractivity contribution in [3.8, 4) is 0 Å². The molecule has 2 saturated heterocycles. The van der Waals surface area contributed by atoms with Crippen molar-refractivity contribution in [2.45, 2.75) is 25.3 Å². The number of ether oxygens (including phenoxy) is 1. The van der Waals surface area contributed by atoms with Gasteiger partial charge in [-0.3, -0.25) is 14.5 Å². The smallest absolute Gasteiger partial charge is 0.411 e. The number of piperazine rings is 1. The summed E-state index contributed by atoms with van der Waals surface area (Å²) in [6.07, 6.45) is 2.37. The van der Waals surface area contributed by atoms with Crippen molar-refractivity contribution in [1.82, 2.24) is 29.5 Å². The fraction of sp³-hybridized carbons (Fsp3) is 0.321. The van der Waals surface area contributed by atoms with Gasteiger partial charge >= 0.3 is 6.09 Å². The average Bonchev–Trinajstić information content (AvgIpc) is 3.56. The summed E-state index contributed by atoms with van der Waals surface area (Å²) in [4.78, 5) is 46.7. The first-order valence-electron chi connectivity index (χ1n) is 13.2. The lowest BCUT2D eigenvalue weighted by Crippen LogP contribution is -2.54. The number of halogens is 3. The number of benzene rings is 2. The van der Waals surface area contributed by atoms with Gasteiger partial charge in [0.15, 0.2) is 6.23 Å². The Hall–Kier alpha value is -3.85. The van der Waals surface area contributed by atoms with Gasteiger partial charge < -0.3 is 14.7 Å². The van der Waals surface area contributed by atoms with Crippen LogP contribution in [0.25, 0.3) is 6.08 Å². The highest BCUT2D eigenvalue weighted by atomic mass is 35.5. The van der Waals surface area contributed by atoms with Gasteiger partial charge in [-0.1, -0.05) is 29.8 Å². The molecule has 0 radical (unpaired) electrons. The Balaban J connectivity index is 1.19. The molecule has 5 rings (SSSR count). The van der Waals surface area contributed by atoms with Crippen LogP contribution in [0.3, 0.4) is 0 Å². The molecular weight excluding hydrogens is 606 g/mol. The van der Waals surface area contributed by atoms with Gasteiger partial charge in [0.05, 0.1) is 11.4 Å². The van der Waals surface area contributed by atoms with Crippen LogP contribution >= 0.6 is 23.4 Å². The van der Waals surface area contributed by atoms with E-state index in [4.69, 9.17) is 16.3 Å². The molecule has 3 heterocycles. The summed E-state index contributed by atoms with van der Waals surface area (Å²) in [5.74, 6) is -2.24. The maximum Gasteiger partial charge on any atom is 0.411 e. The Labute approximate surface area is 254 Å². The summed E-state index contributed by atoms with van der Waals surface area (Å²) in [6, 6.07) is 9.74. The number of carbonyl (C=O) groups excluding carboxylic acids is 3. The van der Waals surface area contributed by atoms with E-state index in [1.807, 2.05) is 4.90 Å². The molecule has 2 aliphatic heterocycles. The molecule has 2 aliphatic rings. The van der Waals surface area contributed by atoms with Crippen LogP contribution in [0, 0.1) is 11.6 Å². The van der Waals surface area contributed by atoms with E-state index in [-0.39, 0.29) is 36.6 Å². The highest BCUT2D eigenvalue weighted by molar-refractivity contribution is 8.18. The third-order valence-corrected chi connectivity index (χ3v) is 8.20. The molecule has 43 heavy (non-hydrogen) atoms. The van der Waals surface area contributed by atoms with Gasteiger partial charge in [0, 0.05) is 49.4 Å². The van der Waals surface area contributed by atoms with Gasteiger partial charge in [-0.05, 0) is 48.5 Å². The minimum absolute atomic E-state index is 0.0363. The molecule has 226 valence electrons. The number of hydrogen-bond donors (Lipinski definition) is 1. The van der Waals surface area contributed by atoms with Crippen LogP contribution < -0.4 is 0 Å². The van der Waals surface area contributed by atoms with Crippen molar-refractivity contribution < 1.29 is 33.0 Å². The second kappa shape index (κ2) is 12.8. The second-order valence-corrected chi connectivity index (χ2v) is 11.5. The first-order valence-corrected chi connectivity index (χ1v) is 14.4. The van der Waals surface area contributed by atoms with Crippen molar-refractivity contribution >= 4 is 46.7 Å². The van der Waals surface area contributed by atoms with Gasteiger partial charge in [-0.25, -0.2) is 28.1 Å². The maximum atomic E-state index is 14.8. The van der Waals surface area contributed by atoms with E-state index in [2.05, 4.69) is 10.1 Å². The number of aromatic nitrogens is 3. The van der Waals surface area contributed by atoms with Crippen molar-refractivity contribution in [3.05, 3.63) is 87.8 Å². The van der Waals surface area contributed by atoms with Crippen molar-refractivity contribution in [2.75, 3.05) is 32.7 Å². The average molecular weight is 633 g/mol. The zero-order valence-corrected chi connectivity index (χ0v) is 24.5. The quantitative estimate of drug-likeness (QED) is 0.368. The summed E-state index contributed by atoms with van der Waals surface area (Å²) >= 11 is 6.65. The van der Waals surface area contributed by atoms with Gasteiger partial charge in [0.1, 0.15) is 29.9 Å². The lowest BCUT2D eigenvalue weighted by atomic mass is 9.92. The Kier molecular flexibility index (Phi) is 9.11. The number of thioether (sulfide) groups is 1. The SMILES string of the molecule is CC(OC(=O)N1CCN(CC(O)(Cn2cncn2)c2ccc(F)cc2F)CC1)N1C(=O)SC(=Cc2ccc(Cl)cc2)C1=O. The van der Waals surface area contributed by atoms with Crippen molar-refractivity contribution in [3.63, 3.8) is 0 Å². The minimum Gasteiger partial charge on any atom is -0.425 e. The van der Waals surface area contributed by atoms with E-state index in [0.29, 0.717) is 29.7 Å². The zero-order chi connectivity index (χ0) is 30.7. The van der Waals surface area contributed by atoms with Gasteiger partial charge in [0.25, 0.3) is 11.1 Å². The molecule has 3 amide bonds. The number of amides is 3. The predicted octanol–water partition coefficient (Wildman–Crippen LogP) is 3.93. The van der Waals surface area contributed by atoms with E-state index in [1.54, 1.807) is 30.3 Å². The third kappa shape index (κ3) is 7.04. The predicted molar refractivity (Wildman–Crippen MR) is 153 cm³/mol. The van der Waals surface area contributed by atoms with Crippen molar-refractivity contribution in [2.24, 2.45) is 0 Å². The van der Waals surface area contributed by atoms with E-state index >= 15 is 0 Å². The minimum atomic E-state index is -1.78. The molecule has 1 aromatic heterocycles. The molecule has 11 nitrogen and oxygen atoms in total. The standard InChI is InChI=1S/C28H27ClF2N6O5S/c1-18(37-25(38)24(43-27(37)40)12-19-2-4-20(29)5-3-19)42-26(39)35-10-8-34(9-11-35)14-28(41,15-36-17-32-16-33-36)22-7-6-21(30)13-23(22)31/h2-7,12-13,16-18,41H,8-11,14-15H2,1H3. The molecule has 1 N–H and O–H groups in total. The maximum absolute atomic E-state index is 14.8. The zero-order valence-electron chi connectivity index (χ0n) is 22.9. The Bertz CT molecular complexity index is 1530. The third-order valence-electron chi connectivity index (χ3n) is 7.06. The van der Waals surface area contributed by atoms with E-state index in [0.717, 1.165) is 22.7 Å². The van der Waals surface area contributed by atoms with E-state index in [9.17, 15) is 28.3 Å². The summed E-state index contributed by atoms with van der Waals surface area (Å²) < 4.78 is 35.2. The largest absolute Gasteiger partial charge is 0.425 e. The molecule has 2 atom stereocenters. The number of rotatable bonds is 8.